The molecule has 13 heavy (non-hydrogen) atoms. The fraction of sp³-hybridized carbons (Fsp3) is 0.125. The number of rotatable bonds is 2. The minimum atomic E-state index is -0.552. The molecule has 0 bridgehead atoms. The third-order valence-corrected chi connectivity index (χ3v) is 2.84. The summed E-state index contributed by atoms with van der Waals surface area (Å²) in [6, 6.07) is 4.86. The Hall–Kier alpha value is -0.250. The van der Waals surface area contributed by atoms with Gasteiger partial charge in [0.05, 0.1) is 0 Å². The van der Waals surface area contributed by atoms with Crippen molar-refractivity contribution in [2.75, 3.05) is 0 Å². The van der Waals surface area contributed by atoms with Crippen LogP contribution in [0.1, 0.15) is 10.4 Å². The zero-order valence-electron chi connectivity index (χ0n) is 6.43. The predicted molar refractivity (Wildman–Crippen MR) is 57.3 cm³/mol. The summed E-state index contributed by atoms with van der Waals surface area (Å²) >= 11 is 14.6. The van der Waals surface area contributed by atoms with Gasteiger partial charge < -0.3 is 5.73 Å². The molecule has 0 saturated heterocycles. The highest BCUT2D eigenvalue weighted by Gasteiger charge is 2.14. The monoisotopic (exact) mass is 281 g/mol. The summed E-state index contributed by atoms with van der Waals surface area (Å²) in [5.74, 6) is -0.474. The Bertz CT molecular complexity index is 323. The third-order valence-electron chi connectivity index (χ3n) is 1.43. The highest BCUT2D eigenvalue weighted by Crippen LogP contribution is 2.28. The van der Waals surface area contributed by atoms with Crippen molar-refractivity contribution in [2.24, 2.45) is 5.73 Å². The molecule has 70 valence electrons. The maximum Gasteiger partial charge on any atom is 0.235 e. The molecule has 0 radical (unpaired) electrons. The molecular formula is C8H6BrCl2NO. The van der Waals surface area contributed by atoms with Crippen LogP contribution in [0.15, 0.2) is 18.2 Å². The van der Waals surface area contributed by atoms with E-state index in [2.05, 4.69) is 15.9 Å². The summed E-state index contributed by atoms with van der Waals surface area (Å²) in [5, 5.41) is 0.960. The summed E-state index contributed by atoms with van der Waals surface area (Å²) in [4.78, 5) is 10.3. The maximum atomic E-state index is 10.8. The average molecular weight is 283 g/mol. The van der Waals surface area contributed by atoms with Crippen LogP contribution in [-0.4, -0.2) is 5.91 Å². The Balaban J connectivity index is 3.07. The first-order valence-corrected chi connectivity index (χ1v) is 5.07. The molecule has 0 aliphatic carbocycles. The Labute approximate surface area is 94.1 Å². The van der Waals surface area contributed by atoms with Gasteiger partial charge in [0, 0.05) is 10.0 Å². The molecule has 1 aromatic rings. The van der Waals surface area contributed by atoms with Crippen LogP contribution < -0.4 is 5.73 Å². The molecule has 0 aliphatic rings. The Kier molecular flexibility index (Phi) is 3.59. The van der Waals surface area contributed by atoms with Crippen LogP contribution in [0.5, 0.6) is 0 Å². The number of alkyl halides is 1. The SMILES string of the molecule is NC(=O)C(Br)c1cc(Cl)cc(Cl)c1. The highest BCUT2D eigenvalue weighted by molar-refractivity contribution is 9.09. The number of hydrogen-bond donors (Lipinski definition) is 1. The Morgan fingerprint density at radius 1 is 1.31 bits per heavy atom. The summed E-state index contributed by atoms with van der Waals surface area (Å²) < 4.78 is 0. The Morgan fingerprint density at radius 2 is 1.77 bits per heavy atom. The number of benzene rings is 1. The zero-order valence-corrected chi connectivity index (χ0v) is 9.53. The van der Waals surface area contributed by atoms with Crippen molar-refractivity contribution in [1.82, 2.24) is 0 Å². The van der Waals surface area contributed by atoms with Gasteiger partial charge in [0.25, 0.3) is 0 Å². The van der Waals surface area contributed by atoms with Crippen molar-refractivity contribution in [3.63, 3.8) is 0 Å². The van der Waals surface area contributed by atoms with E-state index in [1.807, 2.05) is 0 Å². The maximum absolute atomic E-state index is 10.8. The van der Waals surface area contributed by atoms with E-state index >= 15 is 0 Å². The van der Waals surface area contributed by atoms with Crippen molar-refractivity contribution in [2.45, 2.75) is 4.83 Å². The van der Waals surface area contributed by atoms with Gasteiger partial charge >= 0.3 is 0 Å². The van der Waals surface area contributed by atoms with E-state index < -0.39 is 10.7 Å². The van der Waals surface area contributed by atoms with E-state index in [4.69, 9.17) is 28.9 Å². The molecule has 2 nitrogen and oxygen atoms in total. The molecule has 0 fully saturated rings. The smallest absolute Gasteiger partial charge is 0.235 e. The molecule has 1 rings (SSSR count). The van der Waals surface area contributed by atoms with Crippen LogP contribution >= 0.6 is 39.1 Å². The van der Waals surface area contributed by atoms with Gasteiger partial charge in [-0.1, -0.05) is 39.1 Å². The molecule has 0 spiro atoms. The molecule has 1 atom stereocenters. The molecule has 1 aromatic carbocycles. The Morgan fingerprint density at radius 3 is 2.15 bits per heavy atom. The van der Waals surface area contributed by atoms with Crippen LogP contribution in [0.2, 0.25) is 10.0 Å². The second kappa shape index (κ2) is 4.31. The van der Waals surface area contributed by atoms with Crippen LogP contribution in [0, 0.1) is 0 Å². The van der Waals surface area contributed by atoms with Gasteiger partial charge in [-0.15, -0.1) is 0 Å². The van der Waals surface area contributed by atoms with Gasteiger partial charge in [-0.05, 0) is 23.8 Å². The summed E-state index contributed by atoms with van der Waals surface area (Å²) in [6.07, 6.45) is 0. The summed E-state index contributed by atoms with van der Waals surface area (Å²) in [5.41, 5.74) is 5.75. The topological polar surface area (TPSA) is 43.1 Å². The first kappa shape index (κ1) is 10.8. The van der Waals surface area contributed by atoms with Crippen LogP contribution in [-0.2, 0) is 4.79 Å². The molecular weight excluding hydrogens is 277 g/mol. The molecule has 0 aliphatic heterocycles. The van der Waals surface area contributed by atoms with Crippen molar-refractivity contribution in [3.8, 4) is 0 Å². The predicted octanol–water partition coefficient (Wildman–Crippen LogP) is 2.91. The number of halogens is 3. The molecule has 5 heteroatoms. The van der Waals surface area contributed by atoms with Gasteiger partial charge in [0.2, 0.25) is 5.91 Å². The van der Waals surface area contributed by atoms with E-state index in [9.17, 15) is 4.79 Å². The zero-order chi connectivity index (χ0) is 10.0. The highest BCUT2D eigenvalue weighted by atomic mass is 79.9. The van der Waals surface area contributed by atoms with Gasteiger partial charge in [-0.25, -0.2) is 0 Å². The molecule has 2 N–H and O–H groups in total. The number of carbonyl (C=O) groups excluding carboxylic acids is 1. The van der Waals surface area contributed by atoms with E-state index in [0.717, 1.165) is 0 Å². The van der Waals surface area contributed by atoms with E-state index in [0.29, 0.717) is 15.6 Å². The van der Waals surface area contributed by atoms with Gasteiger partial charge in [-0.3, -0.25) is 4.79 Å². The number of primary amides is 1. The second-order valence-corrected chi connectivity index (χ2v) is 4.26. The number of carbonyl (C=O) groups is 1. The van der Waals surface area contributed by atoms with Gasteiger partial charge in [-0.2, -0.15) is 0 Å². The van der Waals surface area contributed by atoms with Gasteiger partial charge in [0.15, 0.2) is 0 Å². The number of nitrogens with two attached hydrogens (primary N) is 1. The molecule has 0 aromatic heterocycles. The van der Waals surface area contributed by atoms with Crippen molar-refractivity contribution in [1.29, 1.82) is 0 Å². The molecule has 1 unspecified atom stereocenters. The summed E-state index contributed by atoms with van der Waals surface area (Å²) in [7, 11) is 0. The lowest BCUT2D eigenvalue weighted by Crippen LogP contribution is -2.16. The molecule has 0 saturated carbocycles. The van der Waals surface area contributed by atoms with Crippen molar-refractivity contribution >= 4 is 45.0 Å². The number of hydrogen-bond acceptors (Lipinski definition) is 1. The second-order valence-electron chi connectivity index (χ2n) is 2.47. The lowest BCUT2D eigenvalue weighted by molar-refractivity contribution is -0.117. The van der Waals surface area contributed by atoms with E-state index in [-0.39, 0.29) is 0 Å². The summed E-state index contributed by atoms with van der Waals surface area (Å²) in [6.45, 7) is 0. The third kappa shape index (κ3) is 2.86. The normalized spacial score (nSPS) is 12.5. The minimum absolute atomic E-state index is 0.474. The van der Waals surface area contributed by atoms with Crippen LogP contribution in [0.3, 0.4) is 0 Å². The average Bonchev–Trinajstić information content (AvgIpc) is 2.01. The van der Waals surface area contributed by atoms with E-state index in [1.165, 1.54) is 0 Å². The fourth-order valence-electron chi connectivity index (χ4n) is 0.886. The van der Waals surface area contributed by atoms with Crippen molar-refractivity contribution < 1.29 is 4.79 Å². The minimum Gasteiger partial charge on any atom is -0.368 e. The molecule has 0 heterocycles. The first-order valence-electron chi connectivity index (χ1n) is 3.40. The largest absolute Gasteiger partial charge is 0.368 e. The van der Waals surface area contributed by atoms with Crippen LogP contribution in [0.4, 0.5) is 0 Å². The quantitative estimate of drug-likeness (QED) is 0.833. The first-order chi connectivity index (χ1) is 6.00. The standard InChI is InChI=1S/C8H6BrCl2NO/c9-7(8(12)13)4-1-5(10)3-6(11)2-4/h1-3,7H,(H2,12,13). The lowest BCUT2D eigenvalue weighted by Gasteiger charge is -2.06. The van der Waals surface area contributed by atoms with E-state index in [1.54, 1.807) is 18.2 Å². The van der Waals surface area contributed by atoms with Crippen LogP contribution in [0.25, 0.3) is 0 Å². The number of amides is 1. The lowest BCUT2D eigenvalue weighted by atomic mass is 10.1. The van der Waals surface area contributed by atoms with Crippen molar-refractivity contribution in [3.05, 3.63) is 33.8 Å². The van der Waals surface area contributed by atoms with Gasteiger partial charge in [0.1, 0.15) is 4.83 Å². The fourth-order valence-corrected chi connectivity index (χ4v) is 1.69. The molecule has 1 amide bonds.